The zero-order valence-electron chi connectivity index (χ0n) is 22.1. The molecule has 2 aromatic carbocycles. The third-order valence-electron chi connectivity index (χ3n) is 6.61. The second-order valence-electron chi connectivity index (χ2n) is 9.69. The van der Waals surface area contributed by atoms with E-state index in [1.165, 1.54) is 12.4 Å². The van der Waals surface area contributed by atoms with E-state index >= 15 is 0 Å². The van der Waals surface area contributed by atoms with E-state index < -0.39 is 23.8 Å². The number of nitrogens with zero attached hydrogens (tertiary/aromatic N) is 5. The van der Waals surface area contributed by atoms with E-state index in [2.05, 4.69) is 25.6 Å². The first-order chi connectivity index (χ1) is 19.6. The molecule has 41 heavy (non-hydrogen) atoms. The van der Waals surface area contributed by atoms with Crippen LogP contribution in [0.15, 0.2) is 54.9 Å². The predicted molar refractivity (Wildman–Crippen MR) is 152 cm³/mol. The molecule has 0 aliphatic carbocycles. The highest BCUT2D eigenvalue weighted by Crippen LogP contribution is 2.32. The predicted octanol–water partition coefficient (Wildman–Crippen LogP) is 5.40. The van der Waals surface area contributed by atoms with E-state index in [9.17, 15) is 22.4 Å². The molecule has 3 heterocycles. The number of carbonyl (C=O) groups is 1. The molecule has 1 aliphatic heterocycles. The number of aromatic nitrogens is 3. The molecule has 2 amide bonds. The number of benzene rings is 2. The smallest absolute Gasteiger partial charge is 0.382 e. The minimum absolute atomic E-state index is 0.0869. The van der Waals surface area contributed by atoms with Gasteiger partial charge in [-0.05, 0) is 48.4 Å². The van der Waals surface area contributed by atoms with Gasteiger partial charge >= 0.3 is 12.2 Å². The number of carbonyl (C=O) groups excluding carboxylic acids is 1. The summed E-state index contributed by atoms with van der Waals surface area (Å²) in [6.07, 6.45) is -2.81. The average molecular weight is 589 g/mol. The van der Waals surface area contributed by atoms with Crippen LogP contribution >= 0.6 is 11.9 Å². The van der Waals surface area contributed by atoms with Crippen molar-refractivity contribution in [1.82, 2.24) is 23.8 Å². The number of halogens is 4. The third kappa shape index (κ3) is 7.07. The van der Waals surface area contributed by atoms with Gasteiger partial charge in [-0.2, -0.15) is 18.3 Å². The molecule has 1 fully saturated rings. The molecule has 0 atom stereocenters. The van der Waals surface area contributed by atoms with Crippen LogP contribution in [-0.4, -0.2) is 67.9 Å². The first-order valence-electron chi connectivity index (χ1n) is 12.8. The SMILES string of the molecule is Cc1ccc(F)c(NC(=O)Nc2ccc(-c3cc(CN4CCN(SCC(F)(F)F)CC4)n4ncnc(N)c34)cc2)c1. The number of hydrogen-bond acceptors (Lipinski definition) is 7. The number of aryl methyl sites for hydroxylation is 1. The third-order valence-corrected chi connectivity index (χ3v) is 7.79. The molecule has 0 saturated carbocycles. The molecule has 1 saturated heterocycles. The minimum Gasteiger partial charge on any atom is -0.382 e. The molecule has 0 spiro atoms. The lowest BCUT2D eigenvalue weighted by Crippen LogP contribution is -2.43. The summed E-state index contributed by atoms with van der Waals surface area (Å²) in [4.78, 5) is 18.7. The Labute approximate surface area is 237 Å². The van der Waals surface area contributed by atoms with Gasteiger partial charge in [0.1, 0.15) is 23.4 Å². The lowest BCUT2D eigenvalue weighted by atomic mass is 10.1. The van der Waals surface area contributed by atoms with Crippen molar-refractivity contribution in [3.8, 4) is 11.1 Å². The molecule has 1 aliphatic rings. The quantitative estimate of drug-likeness (QED) is 0.196. The van der Waals surface area contributed by atoms with Crippen LogP contribution in [0.4, 0.5) is 39.5 Å². The number of alkyl halides is 3. The number of nitrogens with two attached hydrogens (primary N) is 1. The highest BCUT2D eigenvalue weighted by Gasteiger charge is 2.30. The van der Waals surface area contributed by atoms with Crippen LogP contribution in [0.25, 0.3) is 16.6 Å². The van der Waals surface area contributed by atoms with Crippen LogP contribution in [0, 0.1) is 12.7 Å². The summed E-state index contributed by atoms with van der Waals surface area (Å²) < 4.78 is 55.2. The Hall–Kier alpha value is -3.88. The van der Waals surface area contributed by atoms with Gasteiger partial charge in [-0.15, -0.1) is 0 Å². The Morgan fingerprint density at radius 3 is 2.49 bits per heavy atom. The number of hydrogen-bond donors (Lipinski definition) is 3. The molecule has 4 aromatic rings. The molecule has 5 rings (SSSR count). The van der Waals surface area contributed by atoms with Gasteiger partial charge in [0.15, 0.2) is 5.82 Å². The average Bonchev–Trinajstić information content (AvgIpc) is 3.30. The molecule has 14 heteroatoms. The summed E-state index contributed by atoms with van der Waals surface area (Å²) in [5, 5.41) is 9.61. The molecule has 216 valence electrons. The molecular formula is C27H28F4N8OS. The van der Waals surface area contributed by atoms with Crippen molar-refractivity contribution in [3.63, 3.8) is 0 Å². The van der Waals surface area contributed by atoms with Crippen LogP contribution in [0.3, 0.4) is 0 Å². The summed E-state index contributed by atoms with van der Waals surface area (Å²) in [5.74, 6) is -1.11. The van der Waals surface area contributed by atoms with Gasteiger partial charge in [0.05, 0.1) is 11.4 Å². The largest absolute Gasteiger partial charge is 0.399 e. The monoisotopic (exact) mass is 588 g/mol. The Morgan fingerprint density at radius 2 is 1.78 bits per heavy atom. The van der Waals surface area contributed by atoms with Gasteiger partial charge in [0.2, 0.25) is 0 Å². The highest BCUT2D eigenvalue weighted by atomic mass is 32.2. The van der Waals surface area contributed by atoms with Gasteiger partial charge in [-0.1, -0.05) is 30.1 Å². The van der Waals surface area contributed by atoms with E-state index in [0.717, 1.165) is 34.3 Å². The Balaban J connectivity index is 1.28. The summed E-state index contributed by atoms with van der Waals surface area (Å²) in [5.41, 5.74) is 10.8. The van der Waals surface area contributed by atoms with Crippen LogP contribution < -0.4 is 16.4 Å². The van der Waals surface area contributed by atoms with Crippen molar-refractivity contribution < 1.29 is 22.4 Å². The minimum atomic E-state index is -4.19. The molecular weight excluding hydrogens is 560 g/mol. The van der Waals surface area contributed by atoms with Crippen molar-refractivity contribution in [2.45, 2.75) is 19.6 Å². The number of nitrogens with one attached hydrogen (secondary N) is 2. The molecule has 2 aromatic heterocycles. The van der Waals surface area contributed by atoms with Crippen molar-refractivity contribution in [2.75, 3.05) is 48.3 Å². The van der Waals surface area contributed by atoms with Gasteiger partial charge < -0.3 is 16.4 Å². The van der Waals surface area contributed by atoms with E-state index in [4.69, 9.17) is 5.73 Å². The molecule has 4 N–H and O–H groups in total. The number of urea groups is 1. The fourth-order valence-electron chi connectivity index (χ4n) is 4.63. The Bertz CT molecular complexity index is 1540. The second-order valence-corrected chi connectivity index (χ2v) is 10.8. The number of nitrogen functional groups attached to an aromatic ring is 1. The number of amides is 2. The van der Waals surface area contributed by atoms with Gasteiger partial charge in [-0.3, -0.25) is 4.90 Å². The van der Waals surface area contributed by atoms with Crippen LogP contribution in [0.5, 0.6) is 0 Å². The normalized spacial score (nSPS) is 14.9. The standard InChI is InChI=1S/C27H28F4N8OS/c1-17-2-7-22(28)23(12-17)36-26(40)35-19-5-3-18(4-6-19)21-13-20(39-24(21)25(32)33-16-34-39)14-37-8-10-38(11-9-37)41-15-27(29,30)31/h2-7,12-13,16H,8-11,14-15H2,1H3,(H2,32,33,34)(H2,35,36,40). The maximum absolute atomic E-state index is 14.0. The van der Waals surface area contributed by atoms with Crippen LogP contribution in [0.1, 0.15) is 11.3 Å². The first-order valence-corrected chi connectivity index (χ1v) is 13.7. The van der Waals surface area contributed by atoms with Crippen molar-refractivity contribution in [2.24, 2.45) is 0 Å². The maximum atomic E-state index is 14.0. The number of piperazine rings is 1. The van der Waals surface area contributed by atoms with Gasteiger partial charge in [0, 0.05) is 44.0 Å². The number of anilines is 3. The van der Waals surface area contributed by atoms with Gasteiger partial charge in [0.25, 0.3) is 0 Å². The molecule has 0 radical (unpaired) electrons. The fraction of sp³-hybridized carbons (Fsp3) is 0.296. The van der Waals surface area contributed by atoms with Crippen molar-refractivity contribution in [3.05, 3.63) is 71.9 Å². The lowest BCUT2D eigenvalue weighted by molar-refractivity contribution is -0.105. The Morgan fingerprint density at radius 1 is 1.05 bits per heavy atom. The number of fused-ring (bicyclic) bond motifs is 1. The summed E-state index contributed by atoms with van der Waals surface area (Å²) in [7, 11) is 0. The lowest BCUT2D eigenvalue weighted by Gasteiger charge is -2.33. The fourth-order valence-corrected chi connectivity index (χ4v) is 5.38. The van der Waals surface area contributed by atoms with Crippen molar-refractivity contribution >= 4 is 40.7 Å². The van der Waals surface area contributed by atoms with Crippen LogP contribution in [-0.2, 0) is 6.54 Å². The summed E-state index contributed by atoms with van der Waals surface area (Å²) in [6.45, 7) is 4.60. The topological polar surface area (TPSA) is 104 Å². The van der Waals surface area contributed by atoms with E-state index in [-0.39, 0.29) is 5.69 Å². The molecule has 0 bridgehead atoms. The maximum Gasteiger partial charge on any atom is 0.399 e. The summed E-state index contributed by atoms with van der Waals surface area (Å²) in [6, 6.07) is 13.0. The zero-order valence-corrected chi connectivity index (χ0v) is 22.9. The van der Waals surface area contributed by atoms with Crippen molar-refractivity contribution in [1.29, 1.82) is 0 Å². The molecule has 9 nitrogen and oxygen atoms in total. The molecule has 0 unspecified atom stereocenters. The first kappa shape index (κ1) is 28.6. The second kappa shape index (κ2) is 11.9. The highest BCUT2D eigenvalue weighted by molar-refractivity contribution is 7.97. The van der Waals surface area contributed by atoms with E-state index in [1.54, 1.807) is 40.0 Å². The number of rotatable bonds is 7. The summed E-state index contributed by atoms with van der Waals surface area (Å²) >= 11 is 0.817. The van der Waals surface area contributed by atoms with E-state index in [1.807, 2.05) is 18.2 Å². The van der Waals surface area contributed by atoms with E-state index in [0.29, 0.717) is 49.7 Å². The Kier molecular flexibility index (Phi) is 8.33. The van der Waals surface area contributed by atoms with Gasteiger partial charge in [-0.25, -0.2) is 23.0 Å². The van der Waals surface area contributed by atoms with Crippen LogP contribution in [0.2, 0.25) is 0 Å². The zero-order chi connectivity index (χ0) is 29.1.